The normalized spacial score (nSPS) is 26.2. The molecule has 0 fully saturated rings. The van der Waals surface area contributed by atoms with Crippen LogP contribution in [0.3, 0.4) is 0 Å². The summed E-state index contributed by atoms with van der Waals surface area (Å²) < 4.78 is 7.78. The minimum atomic E-state index is -0.624. The van der Waals surface area contributed by atoms with E-state index in [2.05, 4.69) is 23.6 Å². The first kappa shape index (κ1) is 14.0. The van der Waals surface area contributed by atoms with E-state index in [1.54, 1.807) is 17.1 Å². The molecule has 1 aromatic rings. The maximum Gasteiger partial charge on any atom is 0.137 e. The number of unbranched alkanes of at least 4 members (excludes halogenated alkanes) is 1. The molecule has 0 saturated heterocycles. The second-order valence-corrected chi connectivity index (χ2v) is 4.90. The van der Waals surface area contributed by atoms with Crippen LogP contribution in [0.25, 0.3) is 0 Å². The largest absolute Gasteiger partial charge is 0.364 e. The predicted molar refractivity (Wildman–Crippen MR) is 75.9 cm³/mol. The van der Waals surface area contributed by atoms with Gasteiger partial charge in [0.05, 0.1) is 0 Å². The monoisotopic (exact) mass is 279 g/mol. The molecule has 0 saturated carbocycles. The molecular weight excluding hydrogens is 262 g/mol. The predicted octanol–water partition coefficient (Wildman–Crippen LogP) is 3.25. The summed E-state index contributed by atoms with van der Waals surface area (Å²) in [4.78, 5) is 3.98. The van der Waals surface area contributed by atoms with Crippen molar-refractivity contribution in [2.75, 3.05) is 6.61 Å². The van der Waals surface area contributed by atoms with Gasteiger partial charge in [-0.2, -0.15) is 5.10 Å². The molecule has 0 bridgehead atoms. The first-order valence-electron chi connectivity index (χ1n) is 6.40. The molecule has 4 nitrogen and oxygen atoms in total. The second-order valence-electron chi connectivity index (χ2n) is 4.46. The molecule has 0 spiro atoms. The Morgan fingerprint density at radius 3 is 3.11 bits per heavy atom. The SMILES string of the molecule is C=CC1(OCCCC)C=CC(Cl)=CC1n1cncn1. The van der Waals surface area contributed by atoms with Gasteiger partial charge in [-0.25, -0.2) is 9.67 Å². The standard InChI is InChI=1S/C14H18ClN3O/c1-3-5-8-19-14(4-2)7-6-12(15)9-13(14)18-11-16-10-17-18/h4,6-7,9-11,13H,2-3,5,8H2,1H3. The number of hydrogen-bond donors (Lipinski definition) is 0. The maximum absolute atomic E-state index is 6.10. The summed E-state index contributed by atoms with van der Waals surface area (Å²) >= 11 is 6.10. The quantitative estimate of drug-likeness (QED) is 0.593. The second kappa shape index (κ2) is 6.17. The summed E-state index contributed by atoms with van der Waals surface area (Å²) in [6.07, 6.45) is 12.7. The Morgan fingerprint density at radius 1 is 1.63 bits per heavy atom. The molecule has 0 aromatic carbocycles. The Morgan fingerprint density at radius 2 is 2.47 bits per heavy atom. The summed E-state index contributed by atoms with van der Waals surface area (Å²) in [5.41, 5.74) is -0.624. The lowest BCUT2D eigenvalue weighted by Crippen LogP contribution is -2.39. The van der Waals surface area contributed by atoms with Crippen LogP contribution in [-0.4, -0.2) is 27.0 Å². The van der Waals surface area contributed by atoms with Crippen molar-refractivity contribution >= 4 is 11.6 Å². The number of nitrogens with zero attached hydrogens (tertiary/aromatic N) is 3. The minimum absolute atomic E-state index is 0.165. The first-order chi connectivity index (χ1) is 9.22. The molecule has 0 N–H and O–H groups in total. The lowest BCUT2D eigenvalue weighted by atomic mass is 9.89. The molecule has 1 heterocycles. The number of rotatable bonds is 6. The zero-order valence-electron chi connectivity index (χ0n) is 11.0. The van der Waals surface area contributed by atoms with E-state index >= 15 is 0 Å². The molecule has 102 valence electrons. The van der Waals surface area contributed by atoms with Gasteiger partial charge in [0.15, 0.2) is 0 Å². The van der Waals surface area contributed by atoms with Crippen molar-refractivity contribution in [3.05, 3.63) is 48.6 Å². The summed E-state index contributed by atoms with van der Waals surface area (Å²) in [6.45, 7) is 6.71. The molecule has 0 aliphatic heterocycles. The number of ether oxygens (including phenoxy) is 1. The highest BCUT2D eigenvalue weighted by Crippen LogP contribution is 2.36. The molecule has 0 amide bonds. The van der Waals surface area contributed by atoms with Crippen molar-refractivity contribution in [2.24, 2.45) is 0 Å². The van der Waals surface area contributed by atoms with Crippen molar-refractivity contribution in [3.63, 3.8) is 0 Å². The van der Waals surface area contributed by atoms with Crippen molar-refractivity contribution in [2.45, 2.75) is 31.4 Å². The molecule has 5 heteroatoms. The highest BCUT2D eigenvalue weighted by atomic mass is 35.5. The van der Waals surface area contributed by atoms with Gasteiger partial charge in [0, 0.05) is 11.6 Å². The zero-order valence-corrected chi connectivity index (χ0v) is 11.8. The summed E-state index contributed by atoms with van der Waals surface area (Å²) in [5.74, 6) is 0. The van der Waals surface area contributed by atoms with E-state index in [9.17, 15) is 0 Å². The number of allylic oxidation sites excluding steroid dienone is 2. The Bertz CT molecular complexity index is 481. The smallest absolute Gasteiger partial charge is 0.137 e. The van der Waals surface area contributed by atoms with Gasteiger partial charge in [-0.05, 0) is 24.6 Å². The van der Waals surface area contributed by atoms with Gasteiger partial charge in [-0.3, -0.25) is 0 Å². The molecule has 2 unspecified atom stereocenters. The molecular formula is C14H18ClN3O. The molecule has 1 aliphatic carbocycles. The summed E-state index contributed by atoms with van der Waals surface area (Å²) in [5, 5.41) is 4.85. The number of aromatic nitrogens is 3. The Hall–Kier alpha value is -1.39. The van der Waals surface area contributed by atoms with Crippen LogP contribution >= 0.6 is 11.6 Å². The van der Waals surface area contributed by atoms with Gasteiger partial charge < -0.3 is 4.74 Å². The fraction of sp³-hybridized carbons (Fsp3) is 0.429. The average molecular weight is 280 g/mol. The third-order valence-corrected chi connectivity index (χ3v) is 3.42. The Balaban J connectivity index is 2.28. The third kappa shape index (κ3) is 2.96. The van der Waals surface area contributed by atoms with Gasteiger partial charge >= 0.3 is 0 Å². The van der Waals surface area contributed by atoms with Gasteiger partial charge in [0.25, 0.3) is 0 Å². The van der Waals surface area contributed by atoms with Crippen LogP contribution in [0.15, 0.2) is 48.6 Å². The molecule has 1 aliphatic rings. The van der Waals surface area contributed by atoms with Crippen molar-refractivity contribution in [1.82, 2.24) is 14.8 Å². The highest BCUT2D eigenvalue weighted by Gasteiger charge is 2.37. The van der Waals surface area contributed by atoms with E-state index < -0.39 is 5.60 Å². The lowest BCUT2D eigenvalue weighted by molar-refractivity contribution is -0.00304. The lowest BCUT2D eigenvalue weighted by Gasteiger charge is -2.36. The van der Waals surface area contributed by atoms with Gasteiger partial charge in [-0.15, -0.1) is 0 Å². The Kier molecular flexibility index (Phi) is 4.56. The van der Waals surface area contributed by atoms with E-state index in [0.717, 1.165) is 12.8 Å². The van der Waals surface area contributed by atoms with E-state index in [-0.39, 0.29) is 6.04 Å². The number of halogens is 1. The van der Waals surface area contributed by atoms with E-state index in [1.165, 1.54) is 6.33 Å². The fourth-order valence-electron chi connectivity index (χ4n) is 2.06. The van der Waals surface area contributed by atoms with E-state index in [0.29, 0.717) is 11.6 Å². The van der Waals surface area contributed by atoms with Gasteiger partial charge in [0.2, 0.25) is 0 Å². The van der Waals surface area contributed by atoms with Crippen molar-refractivity contribution in [1.29, 1.82) is 0 Å². The topological polar surface area (TPSA) is 39.9 Å². The number of hydrogen-bond acceptors (Lipinski definition) is 3. The van der Waals surface area contributed by atoms with E-state index in [1.807, 2.05) is 18.2 Å². The first-order valence-corrected chi connectivity index (χ1v) is 6.78. The van der Waals surface area contributed by atoms with Crippen LogP contribution < -0.4 is 0 Å². The van der Waals surface area contributed by atoms with Crippen LogP contribution in [0.2, 0.25) is 0 Å². The van der Waals surface area contributed by atoms with Crippen LogP contribution in [-0.2, 0) is 4.74 Å². The molecule has 2 rings (SSSR count). The van der Waals surface area contributed by atoms with Crippen molar-refractivity contribution < 1.29 is 4.74 Å². The molecule has 2 atom stereocenters. The average Bonchev–Trinajstić information content (AvgIpc) is 2.94. The molecule has 1 aromatic heterocycles. The fourth-order valence-corrected chi connectivity index (χ4v) is 2.25. The third-order valence-electron chi connectivity index (χ3n) is 3.17. The Labute approximate surface area is 118 Å². The minimum Gasteiger partial charge on any atom is -0.364 e. The van der Waals surface area contributed by atoms with Gasteiger partial charge in [0.1, 0.15) is 24.3 Å². The molecule has 0 radical (unpaired) electrons. The maximum atomic E-state index is 6.10. The van der Waals surface area contributed by atoms with Crippen molar-refractivity contribution in [3.8, 4) is 0 Å². The zero-order chi connectivity index (χ0) is 13.7. The van der Waals surface area contributed by atoms with Crippen LogP contribution in [0, 0.1) is 0 Å². The molecule has 19 heavy (non-hydrogen) atoms. The van der Waals surface area contributed by atoms with E-state index in [4.69, 9.17) is 16.3 Å². The van der Waals surface area contributed by atoms with Crippen LogP contribution in [0.5, 0.6) is 0 Å². The summed E-state index contributed by atoms with van der Waals surface area (Å²) in [7, 11) is 0. The van der Waals surface area contributed by atoms with Crippen LogP contribution in [0.4, 0.5) is 0 Å². The van der Waals surface area contributed by atoms with Gasteiger partial charge in [-0.1, -0.05) is 37.6 Å². The summed E-state index contributed by atoms with van der Waals surface area (Å²) in [6, 6.07) is -0.165. The highest BCUT2D eigenvalue weighted by molar-refractivity contribution is 6.31. The van der Waals surface area contributed by atoms with Crippen LogP contribution in [0.1, 0.15) is 25.8 Å².